The maximum atomic E-state index is 12.9. The molecule has 0 aliphatic carbocycles. The minimum absolute atomic E-state index is 0.0571. The van der Waals surface area contributed by atoms with Crippen LogP contribution in [0.3, 0.4) is 0 Å². The summed E-state index contributed by atoms with van der Waals surface area (Å²) in [4.78, 5) is 23.7. The van der Waals surface area contributed by atoms with E-state index in [-0.39, 0.29) is 19.4 Å². The molecule has 1 saturated heterocycles. The van der Waals surface area contributed by atoms with E-state index >= 15 is 0 Å². The lowest BCUT2D eigenvalue weighted by molar-refractivity contribution is -0.205. The number of hydrogen-bond donors (Lipinski definition) is 1. The summed E-state index contributed by atoms with van der Waals surface area (Å²) >= 11 is 0. The number of carbonyl (C=O) groups excluding carboxylic acids is 1. The van der Waals surface area contributed by atoms with Crippen molar-refractivity contribution in [3.8, 4) is 0 Å². The molecule has 8 heteroatoms. The van der Waals surface area contributed by atoms with Crippen LogP contribution in [0.1, 0.15) is 33.6 Å². The average molecular weight is 297 g/mol. The summed E-state index contributed by atoms with van der Waals surface area (Å²) in [6, 6.07) is -1.93. The number of alkyl halides is 3. The van der Waals surface area contributed by atoms with Crippen molar-refractivity contribution in [3.05, 3.63) is 0 Å². The van der Waals surface area contributed by atoms with Crippen molar-refractivity contribution in [2.45, 2.75) is 51.4 Å². The van der Waals surface area contributed by atoms with Crippen LogP contribution in [0, 0.1) is 5.92 Å². The number of carboxylic acid groups (broad SMARTS) is 1. The highest BCUT2D eigenvalue weighted by molar-refractivity contribution is 5.81. The van der Waals surface area contributed by atoms with Gasteiger partial charge in [-0.3, -0.25) is 4.90 Å². The number of nitrogens with zero attached hydrogens (tertiary/aromatic N) is 1. The molecule has 0 radical (unpaired) electrons. The smallest absolute Gasteiger partial charge is 0.411 e. The molecular formula is C12H18F3NO4. The lowest BCUT2D eigenvalue weighted by Gasteiger charge is -2.39. The Balaban J connectivity index is 2.99. The zero-order valence-corrected chi connectivity index (χ0v) is 11.5. The van der Waals surface area contributed by atoms with Crippen molar-refractivity contribution < 1.29 is 32.6 Å². The van der Waals surface area contributed by atoms with Gasteiger partial charge in [0, 0.05) is 6.54 Å². The van der Waals surface area contributed by atoms with Gasteiger partial charge in [0.2, 0.25) is 0 Å². The second-order valence-electron chi connectivity index (χ2n) is 5.75. The van der Waals surface area contributed by atoms with Crippen LogP contribution in [-0.2, 0) is 9.53 Å². The van der Waals surface area contributed by atoms with E-state index in [2.05, 4.69) is 0 Å². The Hall–Kier alpha value is -1.47. The van der Waals surface area contributed by atoms with Crippen LogP contribution >= 0.6 is 0 Å². The highest BCUT2D eigenvalue weighted by Crippen LogP contribution is 2.38. The standard InChI is InChI=1S/C12H18F3NO4/c1-11(2,3)20-10(19)16-6-4-5-7(12(13,14)15)8(16)9(17)18/h7-8H,4-6H2,1-3H3,(H,17,18)/t7-,8+/m0/s1. The predicted octanol–water partition coefficient (Wildman–Crippen LogP) is 2.65. The highest BCUT2D eigenvalue weighted by atomic mass is 19.4. The number of piperidine rings is 1. The predicted molar refractivity (Wildman–Crippen MR) is 63.1 cm³/mol. The number of halogens is 3. The number of carboxylic acids is 1. The quantitative estimate of drug-likeness (QED) is 0.808. The van der Waals surface area contributed by atoms with Gasteiger partial charge in [0.25, 0.3) is 0 Å². The van der Waals surface area contributed by atoms with Gasteiger partial charge in [-0.25, -0.2) is 9.59 Å². The summed E-state index contributed by atoms with van der Waals surface area (Å²) < 4.78 is 43.6. The van der Waals surface area contributed by atoms with E-state index in [1.165, 1.54) is 0 Å². The van der Waals surface area contributed by atoms with E-state index < -0.39 is 35.8 Å². The van der Waals surface area contributed by atoms with Crippen molar-refractivity contribution in [2.24, 2.45) is 5.92 Å². The number of likely N-dealkylation sites (tertiary alicyclic amines) is 1. The second-order valence-corrected chi connectivity index (χ2v) is 5.75. The molecule has 0 aromatic rings. The number of carbonyl (C=O) groups is 2. The average Bonchev–Trinajstić information content (AvgIpc) is 2.24. The number of ether oxygens (including phenoxy) is 1. The SMILES string of the molecule is CC(C)(C)OC(=O)N1CCC[C@H](C(F)(F)F)[C@@H]1C(=O)O. The van der Waals surface area contributed by atoms with Crippen molar-refractivity contribution >= 4 is 12.1 Å². The van der Waals surface area contributed by atoms with Crippen LogP contribution in [0.4, 0.5) is 18.0 Å². The normalized spacial score (nSPS) is 24.4. The van der Waals surface area contributed by atoms with E-state index in [0.29, 0.717) is 4.90 Å². The number of rotatable bonds is 1. The molecule has 116 valence electrons. The van der Waals surface area contributed by atoms with Crippen LogP contribution in [0.25, 0.3) is 0 Å². The summed E-state index contributed by atoms with van der Waals surface area (Å²) in [5.41, 5.74) is -0.898. The molecule has 20 heavy (non-hydrogen) atoms. The summed E-state index contributed by atoms with van der Waals surface area (Å²) in [6.45, 7) is 4.63. The molecule has 1 N–H and O–H groups in total. The Morgan fingerprint density at radius 3 is 2.20 bits per heavy atom. The van der Waals surface area contributed by atoms with E-state index in [4.69, 9.17) is 9.84 Å². The molecule has 5 nitrogen and oxygen atoms in total. The maximum Gasteiger partial charge on any atom is 0.411 e. The molecule has 1 amide bonds. The van der Waals surface area contributed by atoms with Gasteiger partial charge in [-0.15, -0.1) is 0 Å². The summed E-state index contributed by atoms with van der Waals surface area (Å²) in [5, 5.41) is 9.04. The van der Waals surface area contributed by atoms with Crippen LogP contribution in [0.5, 0.6) is 0 Å². The number of amides is 1. The first kappa shape index (κ1) is 16.6. The van der Waals surface area contributed by atoms with Gasteiger partial charge in [-0.1, -0.05) is 0 Å². The fraction of sp³-hybridized carbons (Fsp3) is 0.833. The van der Waals surface area contributed by atoms with Crippen LogP contribution in [0.15, 0.2) is 0 Å². The van der Waals surface area contributed by atoms with Crippen molar-refractivity contribution in [1.82, 2.24) is 4.90 Å². The fourth-order valence-electron chi connectivity index (χ4n) is 2.17. The molecule has 0 aromatic carbocycles. The maximum absolute atomic E-state index is 12.9. The Morgan fingerprint density at radius 2 is 1.80 bits per heavy atom. The summed E-state index contributed by atoms with van der Waals surface area (Å²) in [5.74, 6) is -3.74. The number of hydrogen-bond acceptors (Lipinski definition) is 3. The molecule has 0 aromatic heterocycles. The third-order valence-electron chi connectivity index (χ3n) is 2.93. The Bertz CT molecular complexity index is 389. The van der Waals surface area contributed by atoms with Gasteiger partial charge in [-0.2, -0.15) is 13.2 Å². The molecule has 1 rings (SSSR count). The van der Waals surface area contributed by atoms with E-state index in [1.54, 1.807) is 20.8 Å². The molecule has 1 fully saturated rings. The highest BCUT2D eigenvalue weighted by Gasteiger charge is 2.53. The number of aliphatic carboxylic acids is 1. The Morgan fingerprint density at radius 1 is 1.25 bits per heavy atom. The van der Waals surface area contributed by atoms with E-state index in [1.807, 2.05) is 0 Å². The monoisotopic (exact) mass is 297 g/mol. The van der Waals surface area contributed by atoms with E-state index in [0.717, 1.165) is 0 Å². The van der Waals surface area contributed by atoms with Crippen LogP contribution in [0.2, 0.25) is 0 Å². The molecule has 1 aliphatic heterocycles. The van der Waals surface area contributed by atoms with Gasteiger partial charge in [0.1, 0.15) is 11.6 Å². The molecule has 0 bridgehead atoms. The first-order chi connectivity index (χ1) is 8.93. The van der Waals surface area contributed by atoms with Crippen LogP contribution < -0.4 is 0 Å². The zero-order chi connectivity index (χ0) is 15.7. The summed E-state index contributed by atoms with van der Waals surface area (Å²) in [7, 11) is 0. The van der Waals surface area contributed by atoms with Crippen molar-refractivity contribution in [3.63, 3.8) is 0 Å². The molecule has 1 aliphatic rings. The van der Waals surface area contributed by atoms with Gasteiger partial charge in [-0.05, 0) is 33.6 Å². The summed E-state index contributed by atoms with van der Waals surface area (Å²) in [6.07, 6.45) is -5.91. The van der Waals surface area contributed by atoms with Gasteiger partial charge >= 0.3 is 18.2 Å². The molecule has 0 spiro atoms. The Labute approximate surface area is 114 Å². The molecular weight excluding hydrogens is 279 g/mol. The third kappa shape index (κ3) is 4.01. The minimum atomic E-state index is -4.66. The van der Waals surface area contributed by atoms with Crippen molar-refractivity contribution in [2.75, 3.05) is 6.54 Å². The van der Waals surface area contributed by atoms with Gasteiger partial charge < -0.3 is 9.84 Å². The van der Waals surface area contributed by atoms with Gasteiger partial charge in [0.15, 0.2) is 0 Å². The fourth-order valence-corrected chi connectivity index (χ4v) is 2.17. The first-order valence-electron chi connectivity index (χ1n) is 6.22. The molecule has 0 saturated carbocycles. The Kier molecular flexibility index (Phi) is 4.55. The van der Waals surface area contributed by atoms with Crippen molar-refractivity contribution in [1.29, 1.82) is 0 Å². The lowest BCUT2D eigenvalue weighted by Crippen LogP contribution is -2.57. The minimum Gasteiger partial charge on any atom is -0.480 e. The topological polar surface area (TPSA) is 66.8 Å². The molecule has 1 heterocycles. The first-order valence-corrected chi connectivity index (χ1v) is 6.22. The van der Waals surface area contributed by atoms with Crippen LogP contribution in [-0.4, -0.2) is 46.4 Å². The lowest BCUT2D eigenvalue weighted by atomic mass is 9.89. The van der Waals surface area contributed by atoms with E-state index in [9.17, 15) is 22.8 Å². The molecule has 2 atom stereocenters. The molecule has 0 unspecified atom stereocenters. The second kappa shape index (κ2) is 5.49. The largest absolute Gasteiger partial charge is 0.480 e. The van der Waals surface area contributed by atoms with Gasteiger partial charge in [0.05, 0.1) is 5.92 Å². The third-order valence-corrected chi connectivity index (χ3v) is 2.93. The zero-order valence-electron chi connectivity index (χ0n) is 11.5.